The van der Waals surface area contributed by atoms with Crippen LogP contribution < -0.4 is 4.90 Å². The lowest BCUT2D eigenvalue weighted by Crippen LogP contribution is -2.14. The van der Waals surface area contributed by atoms with Gasteiger partial charge in [0, 0.05) is 30.3 Å². The van der Waals surface area contributed by atoms with Crippen molar-refractivity contribution in [2.75, 3.05) is 11.9 Å². The normalized spacial score (nSPS) is 12.7. The maximum absolute atomic E-state index is 4.46. The highest BCUT2D eigenvalue weighted by molar-refractivity contribution is 5.82. The van der Waals surface area contributed by atoms with Crippen molar-refractivity contribution < 1.29 is 0 Å². The molecule has 0 N–H and O–H groups in total. The average Bonchev–Trinajstić information content (AvgIpc) is 2.43. The van der Waals surface area contributed by atoms with Gasteiger partial charge in [0.25, 0.3) is 0 Å². The molecule has 2 nitrogen and oxygen atoms in total. The minimum absolute atomic E-state index is 0.998. The van der Waals surface area contributed by atoms with Crippen molar-refractivity contribution in [3.63, 3.8) is 0 Å². The SMILES string of the molecule is CCC(C)=N/C=C(\C)N(C)c1ccc(CC)c(C)c1. The van der Waals surface area contributed by atoms with E-state index in [9.17, 15) is 0 Å². The molecule has 0 spiro atoms. The van der Waals surface area contributed by atoms with Crippen LogP contribution in [0.1, 0.15) is 45.2 Å². The van der Waals surface area contributed by atoms with Crippen molar-refractivity contribution in [1.82, 2.24) is 0 Å². The van der Waals surface area contributed by atoms with Gasteiger partial charge in [0.15, 0.2) is 0 Å². The highest BCUT2D eigenvalue weighted by atomic mass is 15.1. The van der Waals surface area contributed by atoms with Crippen molar-refractivity contribution >= 4 is 11.4 Å². The Labute approximate surface area is 117 Å². The Balaban J connectivity index is 2.94. The first kappa shape index (κ1) is 15.5. The lowest BCUT2D eigenvalue weighted by atomic mass is 10.1. The Bertz CT molecular complexity index is 484. The van der Waals surface area contributed by atoms with Crippen LogP contribution in [-0.4, -0.2) is 12.8 Å². The van der Waals surface area contributed by atoms with Crippen molar-refractivity contribution in [2.45, 2.75) is 47.5 Å². The molecule has 1 aromatic rings. The van der Waals surface area contributed by atoms with E-state index in [-0.39, 0.29) is 0 Å². The predicted octanol–water partition coefficient (Wildman–Crippen LogP) is 4.73. The molecule has 0 aliphatic heterocycles. The van der Waals surface area contributed by atoms with Crippen LogP contribution in [0.5, 0.6) is 0 Å². The quantitative estimate of drug-likeness (QED) is 0.697. The zero-order valence-electron chi connectivity index (χ0n) is 13.1. The van der Waals surface area contributed by atoms with E-state index in [0.717, 1.165) is 24.3 Å². The number of hydrogen-bond donors (Lipinski definition) is 0. The Morgan fingerprint density at radius 2 is 1.95 bits per heavy atom. The third-order valence-electron chi connectivity index (χ3n) is 3.61. The highest BCUT2D eigenvalue weighted by Gasteiger charge is 2.04. The Morgan fingerprint density at radius 3 is 2.47 bits per heavy atom. The van der Waals surface area contributed by atoms with Gasteiger partial charge in [-0.25, -0.2) is 0 Å². The Morgan fingerprint density at radius 1 is 1.26 bits per heavy atom. The van der Waals surface area contributed by atoms with E-state index in [4.69, 9.17) is 0 Å². The number of anilines is 1. The van der Waals surface area contributed by atoms with Gasteiger partial charge >= 0.3 is 0 Å². The fourth-order valence-electron chi connectivity index (χ4n) is 1.87. The molecule has 0 bridgehead atoms. The molecule has 104 valence electrons. The van der Waals surface area contributed by atoms with Gasteiger partial charge in [-0.05, 0) is 56.9 Å². The van der Waals surface area contributed by atoms with Crippen LogP contribution in [0, 0.1) is 6.92 Å². The first-order valence-corrected chi connectivity index (χ1v) is 7.02. The molecule has 1 rings (SSSR count). The van der Waals surface area contributed by atoms with E-state index in [1.54, 1.807) is 0 Å². The molecule has 0 unspecified atom stereocenters. The van der Waals surface area contributed by atoms with Crippen LogP contribution in [0.3, 0.4) is 0 Å². The number of allylic oxidation sites excluding steroid dienone is 1. The zero-order valence-corrected chi connectivity index (χ0v) is 13.1. The third-order valence-corrected chi connectivity index (χ3v) is 3.61. The summed E-state index contributed by atoms with van der Waals surface area (Å²) >= 11 is 0. The topological polar surface area (TPSA) is 15.6 Å². The number of hydrogen-bond acceptors (Lipinski definition) is 2. The van der Waals surface area contributed by atoms with Gasteiger partial charge in [-0.3, -0.25) is 4.99 Å². The molecule has 0 saturated carbocycles. The standard InChI is InChI=1S/C17H26N2/c1-7-14(4)18-12-15(5)19(6)17-10-9-16(8-2)13(3)11-17/h9-12H,7-8H2,1-6H3/b15-12+,18-14?. The van der Waals surface area contributed by atoms with E-state index < -0.39 is 0 Å². The van der Waals surface area contributed by atoms with Crippen molar-refractivity contribution in [2.24, 2.45) is 4.99 Å². The number of benzene rings is 1. The number of aliphatic imine (C=N–C) groups is 1. The van der Waals surface area contributed by atoms with Gasteiger partial charge < -0.3 is 4.90 Å². The van der Waals surface area contributed by atoms with Crippen LogP contribution in [0.25, 0.3) is 0 Å². The largest absolute Gasteiger partial charge is 0.347 e. The van der Waals surface area contributed by atoms with Crippen LogP contribution in [-0.2, 0) is 6.42 Å². The Hall–Kier alpha value is -1.57. The maximum atomic E-state index is 4.46. The highest BCUT2D eigenvalue weighted by Crippen LogP contribution is 2.21. The molecular weight excluding hydrogens is 232 g/mol. The Kier molecular flexibility index (Phi) is 5.81. The number of rotatable bonds is 5. The summed E-state index contributed by atoms with van der Waals surface area (Å²) in [6.07, 6.45) is 4.03. The van der Waals surface area contributed by atoms with Crippen LogP contribution in [0.4, 0.5) is 5.69 Å². The van der Waals surface area contributed by atoms with Crippen molar-refractivity contribution in [3.05, 3.63) is 41.2 Å². The summed E-state index contributed by atoms with van der Waals surface area (Å²) in [4.78, 5) is 6.64. The van der Waals surface area contributed by atoms with Crippen LogP contribution >= 0.6 is 0 Å². The molecule has 0 amide bonds. The second kappa shape index (κ2) is 7.13. The van der Waals surface area contributed by atoms with Gasteiger partial charge in [-0.1, -0.05) is 19.9 Å². The molecule has 0 fully saturated rings. The first-order valence-electron chi connectivity index (χ1n) is 7.02. The molecule has 0 radical (unpaired) electrons. The molecule has 0 heterocycles. The summed E-state index contributed by atoms with van der Waals surface area (Å²) in [6.45, 7) is 10.6. The van der Waals surface area contributed by atoms with Gasteiger partial charge in [0.2, 0.25) is 0 Å². The average molecular weight is 258 g/mol. The van der Waals surface area contributed by atoms with Gasteiger partial charge in [0.1, 0.15) is 0 Å². The fraction of sp³-hybridized carbons (Fsp3) is 0.471. The molecule has 19 heavy (non-hydrogen) atoms. The molecular formula is C17H26N2. The van der Waals surface area contributed by atoms with E-state index in [1.165, 1.54) is 16.8 Å². The lowest BCUT2D eigenvalue weighted by molar-refractivity contribution is 1.06. The zero-order chi connectivity index (χ0) is 14.4. The minimum atomic E-state index is 0.998. The first-order chi connectivity index (χ1) is 8.99. The maximum Gasteiger partial charge on any atom is 0.0459 e. The molecule has 0 aliphatic carbocycles. The van der Waals surface area contributed by atoms with E-state index in [1.807, 2.05) is 6.20 Å². The van der Waals surface area contributed by atoms with Gasteiger partial charge in [0.05, 0.1) is 0 Å². The van der Waals surface area contributed by atoms with Gasteiger partial charge in [-0.15, -0.1) is 0 Å². The number of nitrogens with zero attached hydrogens (tertiary/aromatic N) is 2. The van der Waals surface area contributed by atoms with E-state index >= 15 is 0 Å². The third kappa shape index (κ3) is 4.23. The summed E-state index contributed by atoms with van der Waals surface area (Å²) in [6, 6.07) is 6.64. The second-order valence-electron chi connectivity index (χ2n) is 5.01. The fourth-order valence-corrected chi connectivity index (χ4v) is 1.87. The smallest absolute Gasteiger partial charge is 0.0459 e. The molecule has 0 saturated heterocycles. The van der Waals surface area contributed by atoms with Crippen molar-refractivity contribution in [3.8, 4) is 0 Å². The molecule has 1 aromatic carbocycles. The second-order valence-corrected chi connectivity index (χ2v) is 5.01. The summed E-state index contributed by atoms with van der Waals surface area (Å²) in [5.41, 5.74) is 6.29. The summed E-state index contributed by atoms with van der Waals surface area (Å²) < 4.78 is 0. The van der Waals surface area contributed by atoms with E-state index in [0.29, 0.717) is 0 Å². The monoisotopic (exact) mass is 258 g/mol. The molecule has 0 aliphatic rings. The predicted molar refractivity (Wildman–Crippen MR) is 86.1 cm³/mol. The molecule has 2 heteroatoms. The molecule has 0 atom stereocenters. The minimum Gasteiger partial charge on any atom is -0.347 e. The van der Waals surface area contributed by atoms with E-state index in [2.05, 4.69) is 69.8 Å². The molecule has 0 aromatic heterocycles. The lowest BCUT2D eigenvalue weighted by Gasteiger charge is -2.20. The summed E-state index contributed by atoms with van der Waals surface area (Å²) in [5, 5.41) is 0. The van der Waals surface area contributed by atoms with Crippen molar-refractivity contribution in [1.29, 1.82) is 0 Å². The van der Waals surface area contributed by atoms with Crippen LogP contribution in [0.2, 0.25) is 0 Å². The summed E-state index contributed by atoms with van der Waals surface area (Å²) in [7, 11) is 2.09. The van der Waals surface area contributed by atoms with Gasteiger partial charge in [-0.2, -0.15) is 0 Å². The summed E-state index contributed by atoms with van der Waals surface area (Å²) in [5.74, 6) is 0. The van der Waals surface area contributed by atoms with Crippen LogP contribution in [0.15, 0.2) is 35.1 Å². The number of aryl methyl sites for hydroxylation is 2.